The molecule has 0 saturated carbocycles. The van der Waals surface area contributed by atoms with Gasteiger partial charge in [0.25, 0.3) is 0 Å². The fourth-order valence-electron chi connectivity index (χ4n) is 2.07. The number of aliphatic hydroxyl groups is 1. The molecule has 0 aliphatic carbocycles. The molecule has 1 unspecified atom stereocenters. The number of allylic oxidation sites excluding steroid dienone is 1. The van der Waals surface area contributed by atoms with E-state index in [9.17, 15) is 20.0 Å². The number of hydrogen-bond acceptors (Lipinski definition) is 5. The molecule has 1 aromatic carbocycles. The number of Topliss-reactive ketones (excluding diaryl/α,β-unsaturated/α-hetero) is 1. The lowest BCUT2D eigenvalue weighted by atomic mass is 10.0. The molecule has 2 rings (SSSR count). The highest BCUT2D eigenvalue weighted by molar-refractivity contribution is 6.00. The van der Waals surface area contributed by atoms with E-state index in [-0.39, 0.29) is 5.56 Å². The summed E-state index contributed by atoms with van der Waals surface area (Å²) in [7, 11) is 0. The zero-order valence-corrected chi connectivity index (χ0v) is 10.2. The van der Waals surface area contributed by atoms with Crippen molar-refractivity contribution >= 4 is 5.78 Å². The molecule has 6 heteroatoms. The molecule has 100 valence electrons. The number of ketones is 1. The lowest BCUT2D eigenvalue weighted by Gasteiger charge is -2.10. The van der Waals surface area contributed by atoms with Crippen molar-refractivity contribution in [1.82, 2.24) is 5.32 Å². The smallest absolute Gasteiger partial charge is 0.301 e. The molecule has 0 aromatic heterocycles. The molecule has 2 N–H and O–H groups in total. The van der Waals surface area contributed by atoms with Gasteiger partial charge in [-0.2, -0.15) is 0 Å². The Labute approximate surface area is 109 Å². The third-order valence-corrected chi connectivity index (χ3v) is 3.01. The summed E-state index contributed by atoms with van der Waals surface area (Å²) in [6.45, 7) is 0.624. The Bertz CT molecular complexity index is 517. The first-order valence-electron chi connectivity index (χ1n) is 6.00. The molecule has 1 fully saturated rings. The van der Waals surface area contributed by atoms with E-state index >= 15 is 0 Å². The molecule has 0 amide bonds. The SMILES string of the molecule is O=C(c1ccccc1)C(O)/C(=C1\CCCN1)[N+](=O)[O-]. The van der Waals surface area contributed by atoms with Crippen LogP contribution in [0.15, 0.2) is 41.7 Å². The van der Waals surface area contributed by atoms with Gasteiger partial charge >= 0.3 is 5.70 Å². The molecule has 1 aromatic rings. The Morgan fingerprint density at radius 2 is 2.05 bits per heavy atom. The normalized spacial score (nSPS) is 18.6. The first-order valence-corrected chi connectivity index (χ1v) is 6.00. The van der Waals surface area contributed by atoms with Crippen molar-refractivity contribution in [2.75, 3.05) is 6.54 Å². The van der Waals surface area contributed by atoms with Crippen LogP contribution in [0.3, 0.4) is 0 Å². The highest BCUT2D eigenvalue weighted by Crippen LogP contribution is 2.20. The predicted molar refractivity (Wildman–Crippen MR) is 68.0 cm³/mol. The number of nitrogens with one attached hydrogen (secondary N) is 1. The van der Waals surface area contributed by atoms with Crippen molar-refractivity contribution in [1.29, 1.82) is 0 Å². The van der Waals surface area contributed by atoms with Gasteiger partial charge in [0.1, 0.15) is 0 Å². The maximum atomic E-state index is 12.0. The van der Waals surface area contributed by atoms with E-state index in [1.807, 2.05) is 0 Å². The number of carbonyl (C=O) groups excluding carboxylic acids is 1. The molecule has 0 radical (unpaired) electrons. The zero-order chi connectivity index (χ0) is 13.8. The van der Waals surface area contributed by atoms with Gasteiger partial charge in [-0.25, -0.2) is 0 Å². The monoisotopic (exact) mass is 262 g/mol. The second kappa shape index (κ2) is 5.62. The van der Waals surface area contributed by atoms with Gasteiger partial charge in [0, 0.05) is 12.1 Å². The number of nitrogens with zero attached hydrogens (tertiary/aromatic N) is 1. The number of carbonyl (C=O) groups is 1. The van der Waals surface area contributed by atoms with E-state index in [1.54, 1.807) is 18.2 Å². The van der Waals surface area contributed by atoms with E-state index in [2.05, 4.69) is 5.32 Å². The number of hydrogen-bond donors (Lipinski definition) is 2. The fraction of sp³-hybridized carbons (Fsp3) is 0.308. The minimum atomic E-state index is -1.74. The molecule has 0 bridgehead atoms. The van der Waals surface area contributed by atoms with Crippen LogP contribution in [-0.2, 0) is 0 Å². The quantitative estimate of drug-likeness (QED) is 0.481. The summed E-state index contributed by atoms with van der Waals surface area (Å²) < 4.78 is 0. The van der Waals surface area contributed by atoms with Crippen LogP contribution in [0.25, 0.3) is 0 Å². The van der Waals surface area contributed by atoms with Crippen LogP contribution in [0.5, 0.6) is 0 Å². The fourth-order valence-corrected chi connectivity index (χ4v) is 2.07. The Morgan fingerprint density at radius 1 is 1.37 bits per heavy atom. The molecule has 19 heavy (non-hydrogen) atoms. The molecule has 1 saturated heterocycles. The van der Waals surface area contributed by atoms with Crippen LogP contribution < -0.4 is 5.32 Å². The Hall–Kier alpha value is -2.21. The van der Waals surface area contributed by atoms with Gasteiger partial charge in [-0.15, -0.1) is 0 Å². The van der Waals surface area contributed by atoms with Crippen LogP contribution in [0, 0.1) is 10.1 Å². The minimum Gasteiger partial charge on any atom is -0.383 e. The van der Waals surface area contributed by atoms with Crippen LogP contribution in [0.2, 0.25) is 0 Å². The average molecular weight is 262 g/mol. The maximum absolute atomic E-state index is 12.0. The Balaban J connectivity index is 2.31. The second-order valence-electron chi connectivity index (χ2n) is 4.28. The molecule has 1 heterocycles. The van der Waals surface area contributed by atoms with Gasteiger partial charge in [-0.1, -0.05) is 30.3 Å². The summed E-state index contributed by atoms with van der Waals surface area (Å²) in [5.74, 6) is -0.659. The third kappa shape index (κ3) is 2.79. The first-order chi connectivity index (χ1) is 9.11. The van der Waals surface area contributed by atoms with E-state index < -0.39 is 22.5 Å². The summed E-state index contributed by atoms with van der Waals surface area (Å²) in [5.41, 5.74) is 0.168. The topological polar surface area (TPSA) is 92.5 Å². The molecule has 1 aliphatic heterocycles. The molecular formula is C13H14N2O4. The van der Waals surface area contributed by atoms with Crippen molar-refractivity contribution in [2.24, 2.45) is 0 Å². The Kier molecular flexibility index (Phi) is 3.91. The second-order valence-corrected chi connectivity index (χ2v) is 4.28. The van der Waals surface area contributed by atoms with E-state index in [0.717, 1.165) is 6.42 Å². The maximum Gasteiger partial charge on any atom is 0.301 e. The van der Waals surface area contributed by atoms with E-state index in [4.69, 9.17) is 0 Å². The van der Waals surface area contributed by atoms with Gasteiger partial charge in [0.2, 0.25) is 11.9 Å². The van der Waals surface area contributed by atoms with Crippen molar-refractivity contribution in [3.05, 3.63) is 57.4 Å². The van der Waals surface area contributed by atoms with Gasteiger partial charge in [0.05, 0.1) is 10.6 Å². The number of rotatable bonds is 4. The molecule has 6 nitrogen and oxygen atoms in total. The molecule has 1 aliphatic rings. The number of benzene rings is 1. The van der Waals surface area contributed by atoms with Crippen LogP contribution in [-0.4, -0.2) is 28.5 Å². The standard InChI is InChI=1S/C13H14N2O4/c16-12(9-5-2-1-3-6-9)13(17)11(15(18)19)10-7-4-8-14-10/h1-3,5-6,13-14,17H,4,7-8H2/b11-10-. The summed E-state index contributed by atoms with van der Waals surface area (Å²) >= 11 is 0. The third-order valence-electron chi connectivity index (χ3n) is 3.01. The highest BCUT2D eigenvalue weighted by atomic mass is 16.6. The number of nitro groups is 1. The molecule has 1 atom stereocenters. The van der Waals surface area contributed by atoms with E-state index in [0.29, 0.717) is 18.7 Å². The largest absolute Gasteiger partial charge is 0.383 e. The summed E-state index contributed by atoms with van der Waals surface area (Å²) in [4.78, 5) is 22.4. The van der Waals surface area contributed by atoms with Crippen molar-refractivity contribution in [3.63, 3.8) is 0 Å². The van der Waals surface area contributed by atoms with Crippen LogP contribution in [0.1, 0.15) is 23.2 Å². The number of aliphatic hydroxyl groups excluding tert-OH is 1. The summed E-state index contributed by atoms with van der Waals surface area (Å²) in [5, 5.41) is 23.9. The van der Waals surface area contributed by atoms with Crippen molar-refractivity contribution in [2.45, 2.75) is 18.9 Å². The highest BCUT2D eigenvalue weighted by Gasteiger charge is 2.34. The lowest BCUT2D eigenvalue weighted by Crippen LogP contribution is -2.30. The molecular weight excluding hydrogens is 248 g/mol. The average Bonchev–Trinajstić information content (AvgIpc) is 2.92. The molecule has 0 spiro atoms. The van der Waals surface area contributed by atoms with Crippen LogP contribution >= 0.6 is 0 Å². The van der Waals surface area contributed by atoms with Gasteiger partial charge < -0.3 is 10.4 Å². The van der Waals surface area contributed by atoms with E-state index in [1.165, 1.54) is 12.1 Å². The van der Waals surface area contributed by atoms with Gasteiger partial charge in [-0.3, -0.25) is 14.9 Å². The van der Waals surface area contributed by atoms with Gasteiger partial charge in [0.15, 0.2) is 0 Å². The van der Waals surface area contributed by atoms with Crippen LogP contribution in [0.4, 0.5) is 0 Å². The zero-order valence-electron chi connectivity index (χ0n) is 10.2. The predicted octanol–water partition coefficient (Wildman–Crippen LogP) is 1.10. The van der Waals surface area contributed by atoms with Crippen molar-refractivity contribution in [3.8, 4) is 0 Å². The lowest BCUT2D eigenvalue weighted by molar-refractivity contribution is -0.435. The van der Waals surface area contributed by atoms with Gasteiger partial charge in [-0.05, 0) is 12.8 Å². The Morgan fingerprint density at radius 3 is 2.58 bits per heavy atom. The summed E-state index contributed by atoms with van der Waals surface area (Å²) in [6.07, 6.45) is -0.494. The first kappa shape index (κ1) is 13.2. The summed E-state index contributed by atoms with van der Waals surface area (Å²) in [6, 6.07) is 8.07. The minimum absolute atomic E-state index is 0.257. The van der Waals surface area contributed by atoms with Crippen molar-refractivity contribution < 1.29 is 14.8 Å².